The van der Waals surface area contributed by atoms with Crippen molar-refractivity contribution < 1.29 is 19.5 Å². The van der Waals surface area contributed by atoms with Crippen molar-refractivity contribution in [3.05, 3.63) is 11.1 Å². The number of unbranched alkanes of at least 4 members (excludes halogenated alkanes) is 1. The third kappa shape index (κ3) is 2.59. The third-order valence-corrected chi connectivity index (χ3v) is 4.34. The highest BCUT2D eigenvalue weighted by atomic mass is 35.5. The molecule has 2 aliphatic rings. The molecule has 1 aliphatic carbocycles. The van der Waals surface area contributed by atoms with Gasteiger partial charge in [0.1, 0.15) is 6.04 Å². The van der Waals surface area contributed by atoms with E-state index in [9.17, 15) is 19.5 Å². The fraction of sp³-hybridized carbons (Fsp3) is 0.643. The smallest absolute Gasteiger partial charge is 0.326 e. The number of amides is 2. The number of carbonyl (C=O) groups excluding carboxylic acids is 2. The van der Waals surface area contributed by atoms with Crippen LogP contribution in [0.4, 0.5) is 0 Å². The molecule has 0 unspecified atom stereocenters. The Kier molecular flexibility index (Phi) is 4.48. The SMILES string of the molecule is CCCC[C@H](C(=O)O)N1C(=O)[C@H]2CC=C(Cl)C[C@@H]2C1=O. The monoisotopic (exact) mass is 299 g/mol. The number of carboxylic acids is 1. The maximum absolute atomic E-state index is 12.4. The van der Waals surface area contributed by atoms with Crippen LogP contribution in [0.1, 0.15) is 39.0 Å². The molecule has 0 aromatic heterocycles. The topological polar surface area (TPSA) is 74.7 Å². The molecule has 0 spiro atoms. The van der Waals surface area contributed by atoms with Crippen LogP contribution in [0.5, 0.6) is 0 Å². The van der Waals surface area contributed by atoms with Crippen LogP contribution in [0.3, 0.4) is 0 Å². The van der Waals surface area contributed by atoms with Crippen LogP contribution in [0.25, 0.3) is 0 Å². The van der Waals surface area contributed by atoms with E-state index < -0.39 is 23.8 Å². The summed E-state index contributed by atoms with van der Waals surface area (Å²) in [5.41, 5.74) is 0. The average Bonchev–Trinajstić information content (AvgIpc) is 2.63. The summed E-state index contributed by atoms with van der Waals surface area (Å²) < 4.78 is 0. The van der Waals surface area contributed by atoms with E-state index in [0.717, 1.165) is 11.3 Å². The van der Waals surface area contributed by atoms with Crippen LogP contribution >= 0.6 is 11.6 Å². The highest BCUT2D eigenvalue weighted by Crippen LogP contribution is 2.40. The van der Waals surface area contributed by atoms with Gasteiger partial charge in [-0.25, -0.2) is 4.79 Å². The Labute approximate surface area is 122 Å². The van der Waals surface area contributed by atoms with Gasteiger partial charge in [0.05, 0.1) is 11.8 Å². The number of hydrogen-bond donors (Lipinski definition) is 1. The summed E-state index contributed by atoms with van der Waals surface area (Å²) in [6.45, 7) is 1.94. The van der Waals surface area contributed by atoms with E-state index >= 15 is 0 Å². The van der Waals surface area contributed by atoms with Crippen LogP contribution in [-0.2, 0) is 14.4 Å². The maximum Gasteiger partial charge on any atom is 0.326 e. The Hall–Kier alpha value is -1.36. The molecule has 1 heterocycles. The number of allylic oxidation sites excluding steroid dienone is 2. The Balaban J connectivity index is 2.22. The average molecular weight is 300 g/mol. The Morgan fingerprint density at radius 2 is 2.10 bits per heavy atom. The molecule has 2 rings (SSSR count). The lowest BCUT2D eigenvalue weighted by Gasteiger charge is -2.22. The van der Waals surface area contributed by atoms with Crippen molar-refractivity contribution in [2.75, 3.05) is 0 Å². The van der Waals surface area contributed by atoms with Gasteiger partial charge in [0.25, 0.3) is 0 Å². The van der Waals surface area contributed by atoms with Crippen LogP contribution in [-0.4, -0.2) is 33.8 Å². The molecule has 5 nitrogen and oxygen atoms in total. The molecule has 0 aromatic carbocycles. The molecule has 6 heteroatoms. The summed E-state index contributed by atoms with van der Waals surface area (Å²) in [7, 11) is 0. The number of imide groups is 1. The molecule has 1 aliphatic heterocycles. The second kappa shape index (κ2) is 5.95. The summed E-state index contributed by atoms with van der Waals surface area (Å²) in [6.07, 6.45) is 4.31. The largest absolute Gasteiger partial charge is 0.480 e. The molecule has 0 saturated carbocycles. The van der Waals surface area contributed by atoms with Gasteiger partial charge < -0.3 is 5.11 Å². The van der Waals surface area contributed by atoms with E-state index in [1.165, 1.54) is 0 Å². The number of carbonyl (C=O) groups is 3. The van der Waals surface area contributed by atoms with Gasteiger partial charge in [-0.05, 0) is 19.3 Å². The number of carboxylic acid groups (broad SMARTS) is 1. The zero-order chi connectivity index (χ0) is 14.9. The summed E-state index contributed by atoms with van der Waals surface area (Å²) in [5, 5.41) is 9.87. The lowest BCUT2D eigenvalue weighted by Crippen LogP contribution is -2.45. The summed E-state index contributed by atoms with van der Waals surface area (Å²) >= 11 is 5.93. The fourth-order valence-corrected chi connectivity index (χ4v) is 3.18. The predicted octanol–water partition coefficient (Wildman–Crippen LogP) is 2.15. The zero-order valence-corrected chi connectivity index (χ0v) is 12.1. The Bertz CT molecular complexity index is 474. The number of nitrogens with zero attached hydrogens (tertiary/aromatic N) is 1. The van der Waals surface area contributed by atoms with Crippen molar-refractivity contribution in [3.8, 4) is 0 Å². The molecular formula is C14H18ClNO4. The quantitative estimate of drug-likeness (QED) is 0.789. The van der Waals surface area contributed by atoms with E-state index in [1.807, 2.05) is 6.92 Å². The van der Waals surface area contributed by atoms with Crippen LogP contribution in [0, 0.1) is 11.8 Å². The second-order valence-corrected chi connectivity index (χ2v) is 5.83. The number of aliphatic carboxylic acids is 1. The van der Waals surface area contributed by atoms with Crippen molar-refractivity contribution in [1.29, 1.82) is 0 Å². The third-order valence-electron chi connectivity index (χ3n) is 4.03. The van der Waals surface area contributed by atoms with E-state index in [0.29, 0.717) is 30.7 Å². The molecule has 20 heavy (non-hydrogen) atoms. The minimum atomic E-state index is -1.11. The number of rotatable bonds is 5. The summed E-state index contributed by atoms with van der Waals surface area (Å²) in [6, 6.07) is -1.04. The first kappa shape index (κ1) is 15.0. The van der Waals surface area contributed by atoms with E-state index in [-0.39, 0.29) is 11.8 Å². The van der Waals surface area contributed by atoms with Crippen molar-refractivity contribution in [2.45, 2.75) is 45.1 Å². The lowest BCUT2D eigenvalue weighted by atomic mass is 9.85. The first-order chi connectivity index (χ1) is 9.47. The molecule has 3 atom stereocenters. The van der Waals surface area contributed by atoms with Crippen molar-refractivity contribution in [1.82, 2.24) is 4.90 Å². The van der Waals surface area contributed by atoms with Gasteiger partial charge in [0, 0.05) is 5.03 Å². The van der Waals surface area contributed by atoms with Crippen LogP contribution < -0.4 is 0 Å². The molecule has 1 N–H and O–H groups in total. The van der Waals surface area contributed by atoms with Crippen LogP contribution in [0.2, 0.25) is 0 Å². The van der Waals surface area contributed by atoms with Crippen LogP contribution in [0.15, 0.2) is 11.1 Å². The molecule has 0 aromatic rings. The summed E-state index contributed by atoms with van der Waals surface area (Å²) in [4.78, 5) is 37.0. The van der Waals surface area contributed by atoms with E-state index in [4.69, 9.17) is 11.6 Å². The summed E-state index contributed by atoms with van der Waals surface area (Å²) in [5.74, 6) is -2.77. The van der Waals surface area contributed by atoms with E-state index in [2.05, 4.69) is 0 Å². The second-order valence-electron chi connectivity index (χ2n) is 5.35. The van der Waals surface area contributed by atoms with Crippen molar-refractivity contribution in [3.63, 3.8) is 0 Å². The van der Waals surface area contributed by atoms with Crippen molar-refractivity contribution >= 4 is 29.4 Å². The predicted molar refractivity (Wildman–Crippen MR) is 73.0 cm³/mol. The minimum absolute atomic E-state index is 0.309. The number of likely N-dealkylation sites (tertiary alicyclic amines) is 1. The van der Waals surface area contributed by atoms with Gasteiger partial charge in [0.15, 0.2) is 0 Å². The molecule has 1 fully saturated rings. The molecular weight excluding hydrogens is 282 g/mol. The molecule has 1 saturated heterocycles. The molecule has 110 valence electrons. The van der Waals surface area contributed by atoms with Crippen molar-refractivity contribution in [2.24, 2.45) is 11.8 Å². The normalized spacial score (nSPS) is 27.3. The Morgan fingerprint density at radius 3 is 2.70 bits per heavy atom. The minimum Gasteiger partial charge on any atom is -0.480 e. The standard InChI is InChI=1S/C14H18ClNO4/c1-2-3-4-11(14(19)20)16-12(17)9-6-5-8(15)7-10(9)13(16)18/h5,9-11H,2-4,6-7H2,1H3,(H,19,20)/t9-,10-,11+/m0/s1. The van der Waals surface area contributed by atoms with Gasteiger partial charge in [-0.2, -0.15) is 0 Å². The molecule has 0 bridgehead atoms. The number of halogens is 1. The van der Waals surface area contributed by atoms with Gasteiger partial charge in [0.2, 0.25) is 11.8 Å². The highest BCUT2D eigenvalue weighted by molar-refractivity contribution is 6.30. The first-order valence-electron chi connectivity index (χ1n) is 6.91. The first-order valence-corrected chi connectivity index (χ1v) is 7.29. The lowest BCUT2D eigenvalue weighted by molar-refractivity contribution is -0.155. The molecule has 2 amide bonds. The number of fused-ring (bicyclic) bond motifs is 1. The zero-order valence-electron chi connectivity index (χ0n) is 11.3. The Morgan fingerprint density at radius 1 is 1.45 bits per heavy atom. The maximum atomic E-state index is 12.4. The van der Waals surface area contributed by atoms with Gasteiger partial charge in [-0.3, -0.25) is 14.5 Å². The fourth-order valence-electron chi connectivity index (χ4n) is 2.92. The number of hydrogen-bond acceptors (Lipinski definition) is 3. The molecule has 0 radical (unpaired) electrons. The van der Waals surface area contributed by atoms with Gasteiger partial charge in [-0.1, -0.05) is 37.4 Å². The van der Waals surface area contributed by atoms with Gasteiger partial charge in [-0.15, -0.1) is 0 Å². The van der Waals surface area contributed by atoms with E-state index in [1.54, 1.807) is 6.08 Å². The van der Waals surface area contributed by atoms with Gasteiger partial charge >= 0.3 is 5.97 Å². The highest BCUT2D eigenvalue weighted by Gasteiger charge is 2.51.